The molecule has 2 aliphatic rings. The van der Waals surface area contributed by atoms with E-state index in [9.17, 15) is 4.79 Å². The molecule has 2 heterocycles. The topological polar surface area (TPSA) is 68.8 Å². The SMILES string of the molecule is CC(C)c1ccc(NC(=O)O[C@H]2CO[C@@H]3[C@@H]2OC[C@@H]3NCc2ccccc2)cc1. The maximum atomic E-state index is 12.3. The zero-order chi connectivity index (χ0) is 20.2. The molecule has 2 aromatic carbocycles. The standard InChI is InChI=1S/C23H28N2O4/c1-15(2)17-8-10-18(11-9-17)25-23(26)29-20-14-28-21-19(13-27-22(20)21)24-12-16-6-4-3-5-7-16/h3-11,15,19-22,24H,12-14H2,1-2H3,(H,25,26)/t19-,20-,21-,22+/m0/s1. The maximum absolute atomic E-state index is 12.3. The molecule has 2 fully saturated rings. The minimum absolute atomic E-state index is 0.0837. The highest BCUT2D eigenvalue weighted by Gasteiger charge is 2.49. The van der Waals surface area contributed by atoms with Crippen LogP contribution in [0.4, 0.5) is 10.5 Å². The molecule has 0 bridgehead atoms. The Bertz CT molecular complexity index is 809. The predicted octanol–water partition coefficient (Wildman–Crippen LogP) is 3.68. The van der Waals surface area contributed by atoms with E-state index in [1.165, 1.54) is 11.1 Å². The Morgan fingerprint density at radius 1 is 1.03 bits per heavy atom. The van der Waals surface area contributed by atoms with Crippen molar-refractivity contribution in [2.45, 2.75) is 50.7 Å². The molecule has 0 aromatic heterocycles. The maximum Gasteiger partial charge on any atom is 0.412 e. The van der Waals surface area contributed by atoms with Gasteiger partial charge in [-0.1, -0.05) is 56.3 Å². The summed E-state index contributed by atoms with van der Waals surface area (Å²) in [6.07, 6.45) is -1.24. The van der Waals surface area contributed by atoms with Crippen LogP contribution in [0.1, 0.15) is 30.9 Å². The van der Waals surface area contributed by atoms with Crippen LogP contribution in [0.3, 0.4) is 0 Å². The molecule has 0 saturated carbocycles. The molecule has 154 valence electrons. The molecule has 29 heavy (non-hydrogen) atoms. The minimum atomic E-state index is -0.485. The summed E-state index contributed by atoms with van der Waals surface area (Å²) in [7, 11) is 0. The van der Waals surface area contributed by atoms with Crippen molar-refractivity contribution >= 4 is 11.8 Å². The molecular formula is C23H28N2O4. The summed E-state index contributed by atoms with van der Waals surface area (Å²) < 4.78 is 17.4. The summed E-state index contributed by atoms with van der Waals surface area (Å²) in [5.74, 6) is 0.450. The average Bonchev–Trinajstić information content (AvgIpc) is 3.30. The van der Waals surface area contributed by atoms with Crippen molar-refractivity contribution in [3.05, 3.63) is 65.7 Å². The van der Waals surface area contributed by atoms with Crippen LogP contribution in [0.2, 0.25) is 0 Å². The smallest absolute Gasteiger partial charge is 0.412 e. The van der Waals surface area contributed by atoms with E-state index in [0.29, 0.717) is 24.8 Å². The lowest BCUT2D eigenvalue weighted by Crippen LogP contribution is -2.41. The molecule has 6 heteroatoms. The number of fused-ring (bicyclic) bond motifs is 1. The van der Waals surface area contributed by atoms with E-state index >= 15 is 0 Å². The number of ether oxygens (including phenoxy) is 3. The lowest BCUT2D eigenvalue weighted by molar-refractivity contribution is 0.00854. The Morgan fingerprint density at radius 2 is 1.76 bits per heavy atom. The van der Waals surface area contributed by atoms with Crippen molar-refractivity contribution in [2.24, 2.45) is 0 Å². The van der Waals surface area contributed by atoms with Crippen LogP contribution < -0.4 is 10.6 Å². The van der Waals surface area contributed by atoms with Crippen molar-refractivity contribution < 1.29 is 19.0 Å². The highest BCUT2D eigenvalue weighted by Crippen LogP contribution is 2.29. The molecular weight excluding hydrogens is 368 g/mol. The first-order valence-electron chi connectivity index (χ1n) is 10.2. The normalized spacial score (nSPS) is 25.8. The minimum Gasteiger partial charge on any atom is -0.441 e. The second kappa shape index (κ2) is 8.95. The van der Waals surface area contributed by atoms with E-state index in [-0.39, 0.29) is 18.2 Å². The number of carbonyl (C=O) groups is 1. The summed E-state index contributed by atoms with van der Waals surface area (Å²) in [6, 6.07) is 18.1. The third-order valence-corrected chi connectivity index (χ3v) is 5.50. The van der Waals surface area contributed by atoms with Gasteiger partial charge in [0.1, 0.15) is 12.2 Å². The first-order valence-corrected chi connectivity index (χ1v) is 10.2. The second-order valence-electron chi connectivity index (χ2n) is 7.91. The molecule has 2 aromatic rings. The van der Waals surface area contributed by atoms with Crippen molar-refractivity contribution in [3.63, 3.8) is 0 Å². The summed E-state index contributed by atoms with van der Waals surface area (Å²) >= 11 is 0. The van der Waals surface area contributed by atoms with Gasteiger partial charge in [-0.2, -0.15) is 0 Å². The fraction of sp³-hybridized carbons (Fsp3) is 0.435. The molecule has 0 aliphatic carbocycles. The Labute approximate surface area is 171 Å². The van der Waals surface area contributed by atoms with Gasteiger partial charge in [-0.15, -0.1) is 0 Å². The van der Waals surface area contributed by atoms with E-state index in [2.05, 4.69) is 36.6 Å². The van der Waals surface area contributed by atoms with Crippen LogP contribution in [-0.2, 0) is 20.8 Å². The Morgan fingerprint density at radius 3 is 2.48 bits per heavy atom. The summed E-state index contributed by atoms with van der Waals surface area (Å²) in [6.45, 7) is 5.91. The molecule has 4 atom stereocenters. The number of amides is 1. The quantitative estimate of drug-likeness (QED) is 0.780. The molecule has 4 rings (SSSR count). The third kappa shape index (κ3) is 4.78. The zero-order valence-electron chi connectivity index (χ0n) is 16.8. The lowest BCUT2D eigenvalue weighted by Gasteiger charge is -2.18. The molecule has 2 saturated heterocycles. The molecule has 0 unspecified atom stereocenters. The molecule has 2 N–H and O–H groups in total. The Balaban J connectivity index is 1.27. The van der Waals surface area contributed by atoms with Crippen LogP contribution >= 0.6 is 0 Å². The largest absolute Gasteiger partial charge is 0.441 e. The number of nitrogens with one attached hydrogen (secondary N) is 2. The van der Waals surface area contributed by atoms with Gasteiger partial charge >= 0.3 is 6.09 Å². The van der Waals surface area contributed by atoms with Gasteiger partial charge in [-0.25, -0.2) is 4.79 Å². The summed E-state index contributed by atoms with van der Waals surface area (Å²) in [5, 5.41) is 6.28. The van der Waals surface area contributed by atoms with Gasteiger partial charge in [-0.3, -0.25) is 5.32 Å². The van der Waals surface area contributed by atoms with Gasteiger partial charge in [0.25, 0.3) is 0 Å². The van der Waals surface area contributed by atoms with Gasteiger partial charge in [-0.05, 0) is 29.2 Å². The summed E-state index contributed by atoms with van der Waals surface area (Å²) in [4.78, 5) is 12.3. The number of rotatable bonds is 6. The van der Waals surface area contributed by atoms with Crippen LogP contribution in [0, 0.1) is 0 Å². The van der Waals surface area contributed by atoms with Gasteiger partial charge in [0.2, 0.25) is 0 Å². The van der Waals surface area contributed by atoms with Crippen molar-refractivity contribution in [2.75, 3.05) is 18.5 Å². The van der Waals surface area contributed by atoms with Crippen molar-refractivity contribution in [1.29, 1.82) is 0 Å². The fourth-order valence-electron chi connectivity index (χ4n) is 3.82. The average molecular weight is 396 g/mol. The van der Waals surface area contributed by atoms with Crippen molar-refractivity contribution in [3.8, 4) is 0 Å². The van der Waals surface area contributed by atoms with E-state index in [4.69, 9.17) is 14.2 Å². The van der Waals surface area contributed by atoms with Crippen LogP contribution in [0.5, 0.6) is 0 Å². The van der Waals surface area contributed by atoms with Crippen LogP contribution in [0.15, 0.2) is 54.6 Å². The first-order chi connectivity index (χ1) is 14.1. The fourth-order valence-corrected chi connectivity index (χ4v) is 3.82. The van der Waals surface area contributed by atoms with Gasteiger partial charge < -0.3 is 19.5 Å². The van der Waals surface area contributed by atoms with Gasteiger partial charge in [0, 0.05) is 12.2 Å². The lowest BCUT2D eigenvalue weighted by atomic mass is 10.0. The molecule has 2 aliphatic heterocycles. The van der Waals surface area contributed by atoms with Crippen LogP contribution in [0.25, 0.3) is 0 Å². The number of benzene rings is 2. The van der Waals surface area contributed by atoms with Crippen LogP contribution in [-0.4, -0.2) is 43.7 Å². The van der Waals surface area contributed by atoms with Gasteiger partial charge in [0.05, 0.1) is 19.3 Å². The monoisotopic (exact) mass is 396 g/mol. The van der Waals surface area contributed by atoms with E-state index in [0.717, 1.165) is 6.54 Å². The molecule has 0 radical (unpaired) electrons. The van der Waals surface area contributed by atoms with E-state index in [1.807, 2.05) is 42.5 Å². The highest BCUT2D eigenvalue weighted by atomic mass is 16.6. The number of carbonyl (C=O) groups excluding carboxylic acids is 1. The number of hydrogen-bond acceptors (Lipinski definition) is 5. The van der Waals surface area contributed by atoms with Crippen molar-refractivity contribution in [1.82, 2.24) is 5.32 Å². The predicted molar refractivity (Wildman–Crippen MR) is 111 cm³/mol. The molecule has 0 spiro atoms. The van der Waals surface area contributed by atoms with Gasteiger partial charge in [0.15, 0.2) is 6.10 Å². The Hall–Kier alpha value is -2.41. The highest BCUT2D eigenvalue weighted by molar-refractivity contribution is 5.84. The Kier molecular flexibility index (Phi) is 6.13. The molecule has 6 nitrogen and oxygen atoms in total. The van der Waals surface area contributed by atoms with E-state index < -0.39 is 12.2 Å². The first kappa shape index (κ1) is 19.9. The summed E-state index contributed by atoms with van der Waals surface area (Å²) in [5.41, 5.74) is 3.15. The number of hydrogen-bond donors (Lipinski definition) is 2. The number of anilines is 1. The third-order valence-electron chi connectivity index (χ3n) is 5.50. The molecule has 1 amide bonds. The second-order valence-corrected chi connectivity index (χ2v) is 7.91. The van der Waals surface area contributed by atoms with E-state index in [1.54, 1.807) is 0 Å². The zero-order valence-corrected chi connectivity index (χ0v) is 16.8.